The van der Waals surface area contributed by atoms with E-state index in [1.807, 2.05) is 37.3 Å². The molecule has 1 atom stereocenters. The van der Waals surface area contributed by atoms with E-state index in [4.69, 9.17) is 14.2 Å². The van der Waals surface area contributed by atoms with E-state index >= 15 is 0 Å². The highest BCUT2D eigenvalue weighted by Gasteiger charge is 2.35. The lowest BCUT2D eigenvalue weighted by atomic mass is 9.83. The summed E-state index contributed by atoms with van der Waals surface area (Å²) in [4.78, 5) is 31.4. The predicted molar refractivity (Wildman–Crippen MR) is 160 cm³/mol. The molecule has 220 valence electrons. The summed E-state index contributed by atoms with van der Waals surface area (Å²) in [7, 11) is 1.53. The molecule has 0 fully saturated rings. The van der Waals surface area contributed by atoms with Crippen LogP contribution in [0.15, 0.2) is 83.0 Å². The Balaban J connectivity index is 1.49. The average Bonchev–Trinajstić information content (AvgIpc) is 3.30. The van der Waals surface area contributed by atoms with Gasteiger partial charge in [0.15, 0.2) is 11.5 Å². The summed E-state index contributed by atoms with van der Waals surface area (Å²) < 4.78 is 16.8. The van der Waals surface area contributed by atoms with Gasteiger partial charge in [0.05, 0.1) is 46.7 Å². The molecule has 1 aliphatic rings. The van der Waals surface area contributed by atoms with Crippen molar-refractivity contribution in [2.75, 3.05) is 13.7 Å². The van der Waals surface area contributed by atoms with E-state index in [-0.39, 0.29) is 24.7 Å². The molecule has 0 spiro atoms. The molecule has 0 bridgehead atoms. The van der Waals surface area contributed by atoms with E-state index in [9.17, 15) is 20.0 Å². The van der Waals surface area contributed by atoms with E-state index in [1.54, 1.807) is 44.2 Å². The standard InChI is InChI=1S/C33H31N3O7/c1-5-42-33(38)28-20(3)34-32-30(29(28)23-11-6-19(2)7-12-23)31(37)25(35-32)16-22-10-15-26(27(17-22)41-4)43-18-21-8-13-24(14-9-21)36(39)40/h6-17,29,37H,5,18H2,1-4H3,(H,34,35). The number of nitrogens with zero attached hydrogens (tertiary/aromatic N) is 2. The zero-order chi connectivity index (χ0) is 30.7. The van der Waals surface area contributed by atoms with Crippen LogP contribution in [-0.4, -0.2) is 34.7 Å². The lowest BCUT2D eigenvalue weighted by Gasteiger charge is -2.23. The number of H-pyrrole nitrogens is 1. The third-order valence-corrected chi connectivity index (χ3v) is 7.21. The lowest BCUT2D eigenvalue weighted by Crippen LogP contribution is -2.26. The van der Waals surface area contributed by atoms with Crippen LogP contribution in [0.5, 0.6) is 17.2 Å². The SMILES string of the molecule is CCOC(=O)C1=C(C)N=c2[nH]c(=Cc3ccc(OCc4ccc([N+](=O)[O-])cc4)c(OC)c3)c(O)c2C1c1ccc(C)cc1. The first-order valence-corrected chi connectivity index (χ1v) is 13.7. The number of aromatic nitrogens is 1. The van der Waals surface area contributed by atoms with E-state index in [1.165, 1.54) is 19.2 Å². The minimum absolute atomic E-state index is 0.0107. The van der Waals surface area contributed by atoms with Gasteiger partial charge in [-0.05, 0) is 67.8 Å². The zero-order valence-corrected chi connectivity index (χ0v) is 24.2. The Labute approximate surface area is 247 Å². The van der Waals surface area contributed by atoms with Crippen molar-refractivity contribution in [3.63, 3.8) is 0 Å². The number of ether oxygens (including phenoxy) is 3. The monoisotopic (exact) mass is 581 g/mol. The molecule has 0 saturated carbocycles. The normalized spacial score (nSPS) is 14.6. The molecular formula is C33H31N3O7. The highest BCUT2D eigenvalue weighted by molar-refractivity contribution is 5.92. The van der Waals surface area contributed by atoms with Crippen LogP contribution in [0.2, 0.25) is 0 Å². The lowest BCUT2D eigenvalue weighted by molar-refractivity contribution is -0.384. The Bertz CT molecular complexity index is 1840. The molecule has 2 N–H and O–H groups in total. The Hall–Kier alpha value is -5.38. The maximum atomic E-state index is 13.1. The zero-order valence-electron chi connectivity index (χ0n) is 24.2. The molecule has 1 unspecified atom stereocenters. The topological polar surface area (TPSA) is 136 Å². The Morgan fingerprint density at radius 1 is 1.07 bits per heavy atom. The van der Waals surface area contributed by atoms with Crippen molar-refractivity contribution in [3.05, 3.63) is 127 Å². The fraction of sp³-hybridized carbons (Fsp3) is 0.212. The number of non-ortho nitro benzene ring substituents is 1. The molecule has 1 aromatic heterocycles. The molecular weight excluding hydrogens is 550 g/mol. The van der Waals surface area contributed by atoms with Gasteiger partial charge < -0.3 is 24.3 Å². The van der Waals surface area contributed by atoms with Crippen LogP contribution in [0.4, 0.5) is 5.69 Å². The smallest absolute Gasteiger partial charge is 0.336 e. The Morgan fingerprint density at radius 2 is 1.79 bits per heavy atom. The molecule has 3 aromatic carbocycles. The van der Waals surface area contributed by atoms with Gasteiger partial charge in [-0.25, -0.2) is 9.79 Å². The third kappa shape index (κ3) is 5.99. The number of carbonyl (C=O) groups excluding carboxylic acids is 1. The van der Waals surface area contributed by atoms with Crippen LogP contribution in [0.25, 0.3) is 6.08 Å². The van der Waals surface area contributed by atoms with Crippen molar-refractivity contribution in [2.24, 2.45) is 4.99 Å². The first-order chi connectivity index (χ1) is 20.7. The number of esters is 1. The highest BCUT2D eigenvalue weighted by atomic mass is 16.6. The van der Waals surface area contributed by atoms with E-state index in [2.05, 4.69) is 9.98 Å². The number of hydrogen-bond acceptors (Lipinski definition) is 8. The molecule has 1 aliphatic heterocycles. The molecule has 10 heteroatoms. The first-order valence-electron chi connectivity index (χ1n) is 13.7. The van der Waals surface area contributed by atoms with Crippen molar-refractivity contribution in [2.45, 2.75) is 33.3 Å². The molecule has 2 heterocycles. The van der Waals surface area contributed by atoms with Crippen LogP contribution in [0.3, 0.4) is 0 Å². The second-order valence-electron chi connectivity index (χ2n) is 10.1. The number of aryl methyl sites for hydroxylation is 1. The van der Waals surface area contributed by atoms with Gasteiger partial charge in [0.2, 0.25) is 0 Å². The largest absolute Gasteiger partial charge is 0.505 e. The van der Waals surface area contributed by atoms with Gasteiger partial charge in [-0.2, -0.15) is 0 Å². The summed E-state index contributed by atoms with van der Waals surface area (Å²) >= 11 is 0. The fourth-order valence-corrected chi connectivity index (χ4v) is 5.06. The number of benzene rings is 3. The van der Waals surface area contributed by atoms with E-state index in [0.717, 1.165) is 22.3 Å². The third-order valence-electron chi connectivity index (χ3n) is 7.21. The summed E-state index contributed by atoms with van der Waals surface area (Å²) in [5.41, 5.74) is 5.27. The van der Waals surface area contributed by atoms with Gasteiger partial charge in [0.1, 0.15) is 17.8 Å². The minimum atomic E-state index is -0.574. The Kier molecular flexibility index (Phi) is 8.29. The maximum Gasteiger partial charge on any atom is 0.336 e. The molecule has 10 nitrogen and oxygen atoms in total. The second-order valence-corrected chi connectivity index (χ2v) is 10.1. The van der Waals surface area contributed by atoms with Crippen LogP contribution < -0.4 is 20.3 Å². The molecule has 4 aromatic rings. The maximum absolute atomic E-state index is 13.1. The quantitative estimate of drug-likeness (QED) is 0.162. The number of nitrogens with one attached hydrogen (secondary N) is 1. The van der Waals surface area contributed by atoms with Gasteiger partial charge in [-0.3, -0.25) is 10.1 Å². The molecule has 5 rings (SSSR count). The second kappa shape index (κ2) is 12.2. The van der Waals surface area contributed by atoms with Crippen LogP contribution in [-0.2, 0) is 16.1 Å². The van der Waals surface area contributed by atoms with E-state index in [0.29, 0.717) is 39.2 Å². The number of carbonyl (C=O) groups is 1. The van der Waals surface area contributed by atoms with Gasteiger partial charge in [0.25, 0.3) is 5.69 Å². The van der Waals surface area contributed by atoms with Crippen LogP contribution >= 0.6 is 0 Å². The molecule has 0 aliphatic carbocycles. The summed E-state index contributed by atoms with van der Waals surface area (Å²) in [6, 6.07) is 19.3. The Morgan fingerprint density at radius 3 is 2.44 bits per heavy atom. The molecule has 0 amide bonds. The fourth-order valence-electron chi connectivity index (χ4n) is 5.06. The minimum Gasteiger partial charge on any atom is -0.505 e. The number of fused-ring (bicyclic) bond motifs is 1. The molecule has 43 heavy (non-hydrogen) atoms. The van der Waals surface area contributed by atoms with Crippen LogP contribution in [0.1, 0.15) is 47.6 Å². The summed E-state index contributed by atoms with van der Waals surface area (Å²) in [5.74, 6) is -0.108. The van der Waals surface area contributed by atoms with Crippen LogP contribution in [0, 0.1) is 17.0 Å². The number of methoxy groups -OCH3 is 1. The number of aromatic amines is 1. The molecule has 0 saturated heterocycles. The first kappa shape index (κ1) is 29.1. The number of nitro groups is 1. The summed E-state index contributed by atoms with van der Waals surface area (Å²) in [5, 5.41) is 22.8. The van der Waals surface area contributed by atoms with E-state index < -0.39 is 16.8 Å². The van der Waals surface area contributed by atoms with Crippen molar-refractivity contribution in [3.8, 4) is 17.2 Å². The van der Waals surface area contributed by atoms with Gasteiger partial charge >= 0.3 is 5.97 Å². The number of aromatic hydroxyl groups is 1. The van der Waals surface area contributed by atoms with Gasteiger partial charge in [-0.15, -0.1) is 0 Å². The van der Waals surface area contributed by atoms with Crippen molar-refractivity contribution in [1.82, 2.24) is 4.98 Å². The average molecular weight is 582 g/mol. The summed E-state index contributed by atoms with van der Waals surface area (Å²) in [6.45, 7) is 5.91. The molecule has 0 radical (unpaired) electrons. The van der Waals surface area contributed by atoms with Gasteiger partial charge in [0, 0.05) is 12.1 Å². The predicted octanol–water partition coefficient (Wildman–Crippen LogP) is 4.96. The van der Waals surface area contributed by atoms with Crippen molar-refractivity contribution >= 4 is 17.7 Å². The van der Waals surface area contributed by atoms with Crippen molar-refractivity contribution in [1.29, 1.82) is 0 Å². The number of allylic oxidation sites excluding steroid dienone is 1. The number of rotatable bonds is 9. The number of nitro benzene ring substituents is 1. The van der Waals surface area contributed by atoms with Gasteiger partial charge in [-0.1, -0.05) is 35.9 Å². The number of hydrogen-bond donors (Lipinski definition) is 2. The summed E-state index contributed by atoms with van der Waals surface area (Å²) in [6.07, 6.45) is 1.76. The van der Waals surface area contributed by atoms with Crippen molar-refractivity contribution < 1.29 is 29.0 Å². The highest BCUT2D eigenvalue weighted by Crippen LogP contribution is 2.38.